The molecule has 1 aromatic heterocycles. The number of methoxy groups -OCH3 is 1. The van der Waals surface area contributed by atoms with Crippen LogP contribution in [0.2, 0.25) is 5.02 Å². The first-order chi connectivity index (χ1) is 9.65. The first-order valence-electron chi connectivity index (χ1n) is 6.88. The number of carbonyl (C=O) groups excluding carboxylic acids is 1. The lowest BCUT2D eigenvalue weighted by Gasteiger charge is -2.30. The van der Waals surface area contributed by atoms with Crippen LogP contribution in [-0.4, -0.2) is 48.6 Å². The van der Waals surface area contributed by atoms with E-state index in [1.165, 1.54) is 26.3 Å². The van der Waals surface area contributed by atoms with E-state index in [1.807, 2.05) is 0 Å². The molecule has 2 saturated heterocycles. The number of hydrogen-bond acceptors (Lipinski definition) is 4. The summed E-state index contributed by atoms with van der Waals surface area (Å²) in [4.78, 5) is 18.7. The first-order valence-corrected chi connectivity index (χ1v) is 7.26. The topological polar surface area (TPSA) is 54.5 Å². The molecule has 3 rings (SSSR count). The molecule has 1 amide bonds. The van der Waals surface area contributed by atoms with Gasteiger partial charge in [0.15, 0.2) is 5.75 Å². The van der Waals surface area contributed by atoms with Crippen molar-refractivity contribution in [3.05, 3.63) is 23.0 Å². The third-order valence-electron chi connectivity index (χ3n) is 4.07. The molecule has 0 spiro atoms. The maximum atomic E-state index is 12.2. The standard InChI is InChI=1S/C14H18ClN3O2/c1-20-13-6-16-12(5-11(13)15)14(19)17-10-4-9-2-3-18(7-9)8-10/h5-6,9-10H,2-4,7-8H2,1H3,(H,17,19)/t9-,10+/m0/s1. The van der Waals surface area contributed by atoms with Crippen LogP contribution in [0.3, 0.4) is 0 Å². The number of halogens is 1. The van der Waals surface area contributed by atoms with Crippen molar-refractivity contribution in [1.29, 1.82) is 0 Å². The van der Waals surface area contributed by atoms with Crippen molar-refractivity contribution >= 4 is 17.5 Å². The van der Waals surface area contributed by atoms with E-state index in [2.05, 4.69) is 15.2 Å². The van der Waals surface area contributed by atoms with E-state index in [4.69, 9.17) is 16.3 Å². The van der Waals surface area contributed by atoms with Gasteiger partial charge in [0.25, 0.3) is 5.91 Å². The van der Waals surface area contributed by atoms with Crippen LogP contribution >= 0.6 is 11.6 Å². The van der Waals surface area contributed by atoms with E-state index in [1.54, 1.807) is 6.07 Å². The normalized spacial score (nSPS) is 28.2. The summed E-state index contributed by atoms with van der Waals surface area (Å²) in [5.41, 5.74) is 0.337. The number of fused-ring (bicyclic) bond motifs is 2. The summed E-state index contributed by atoms with van der Waals surface area (Å²) in [7, 11) is 1.52. The van der Waals surface area contributed by atoms with Gasteiger partial charge < -0.3 is 15.0 Å². The third kappa shape index (κ3) is 2.74. The summed E-state index contributed by atoms with van der Waals surface area (Å²) in [5.74, 6) is 1.04. The highest BCUT2D eigenvalue weighted by Crippen LogP contribution is 2.27. The molecule has 0 radical (unpaired) electrons. The molecule has 20 heavy (non-hydrogen) atoms. The molecule has 1 aromatic rings. The smallest absolute Gasteiger partial charge is 0.270 e. The Morgan fingerprint density at radius 3 is 3.10 bits per heavy atom. The fourth-order valence-electron chi connectivity index (χ4n) is 3.12. The largest absolute Gasteiger partial charge is 0.494 e. The predicted octanol–water partition coefficient (Wildman–Crippen LogP) is 1.57. The molecule has 2 fully saturated rings. The molecule has 3 atom stereocenters. The summed E-state index contributed by atoms with van der Waals surface area (Å²) >= 11 is 6.02. The average molecular weight is 296 g/mol. The van der Waals surface area contributed by atoms with E-state index in [0.29, 0.717) is 16.5 Å². The van der Waals surface area contributed by atoms with Gasteiger partial charge in [-0.15, -0.1) is 0 Å². The molecule has 108 valence electrons. The number of amides is 1. The Balaban J connectivity index is 1.65. The second kappa shape index (κ2) is 5.58. The lowest BCUT2D eigenvalue weighted by Crippen LogP contribution is -2.47. The van der Waals surface area contributed by atoms with E-state index in [9.17, 15) is 4.79 Å². The van der Waals surface area contributed by atoms with Gasteiger partial charge in [-0.2, -0.15) is 0 Å². The van der Waals surface area contributed by atoms with Crippen LogP contribution in [0.5, 0.6) is 5.75 Å². The second-order valence-electron chi connectivity index (χ2n) is 5.52. The number of rotatable bonds is 3. The van der Waals surface area contributed by atoms with Gasteiger partial charge >= 0.3 is 0 Å². The van der Waals surface area contributed by atoms with E-state index >= 15 is 0 Å². The summed E-state index contributed by atoms with van der Waals surface area (Å²) in [6, 6.07) is 1.76. The molecule has 6 heteroatoms. The van der Waals surface area contributed by atoms with E-state index in [-0.39, 0.29) is 11.9 Å². The van der Waals surface area contributed by atoms with Crippen LogP contribution in [0.15, 0.2) is 12.3 Å². The Hall–Kier alpha value is -1.33. The molecule has 3 heterocycles. The highest BCUT2D eigenvalue weighted by molar-refractivity contribution is 6.32. The van der Waals surface area contributed by atoms with Crippen molar-refractivity contribution in [3.8, 4) is 5.75 Å². The van der Waals surface area contributed by atoms with Crippen molar-refractivity contribution in [2.45, 2.75) is 18.9 Å². The zero-order valence-electron chi connectivity index (χ0n) is 11.4. The van der Waals surface area contributed by atoms with Crippen LogP contribution in [0.1, 0.15) is 23.3 Å². The molecule has 0 saturated carbocycles. The van der Waals surface area contributed by atoms with Gasteiger partial charge in [-0.3, -0.25) is 4.79 Å². The van der Waals surface area contributed by atoms with Crippen molar-refractivity contribution < 1.29 is 9.53 Å². The highest BCUT2D eigenvalue weighted by atomic mass is 35.5. The van der Waals surface area contributed by atoms with E-state index < -0.39 is 0 Å². The van der Waals surface area contributed by atoms with Gasteiger partial charge in [0.05, 0.1) is 18.3 Å². The quantitative estimate of drug-likeness (QED) is 0.920. The number of nitrogens with zero attached hydrogens (tertiary/aromatic N) is 2. The van der Waals surface area contributed by atoms with Crippen LogP contribution in [0.25, 0.3) is 0 Å². The van der Waals surface area contributed by atoms with Crippen LogP contribution < -0.4 is 10.1 Å². The number of hydrogen-bond donors (Lipinski definition) is 1. The molecule has 0 aliphatic carbocycles. The van der Waals surface area contributed by atoms with Gasteiger partial charge in [-0.25, -0.2) is 4.98 Å². The lowest BCUT2D eigenvalue weighted by atomic mass is 9.97. The Bertz CT molecular complexity index is 511. The first kappa shape index (κ1) is 13.6. The molecular weight excluding hydrogens is 278 g/mol. The zero-order chi connectivity index (χ0) is 14.1. The minimum absolute atomic E-state index is 0.165. The van der Waals surface area contributed by atoms with Gasteiger partial charge in [-0.05, 0) is 31.4 Å². The molecular formula is C14H18ClN3O2. The van der Waals surface area contributed by atoms with Crippen LogP contribution in [0, 0.1) is 5.92 Å². The Labute approximate surface area is 123 Å². The summed E-state index contributed by atoms with van der Waals surface area (Å²) in [5, 5.41) is 3.46. The Kier molecular flexibility index (Phi) is 3.81. The number of aromatic nitrogens is 1. The molecule has 1 N–H and O–H groups in total. The summed E-state index contributed by atoms with van der Waals surface area (Å²) < 4.78 is 5.03. The zero-order valence-corrected chi connectivity index (χ0v) is 12.2. The number of carbonyl (C=O) groups is 1. The van der Waals surface area contributed by atoms with Crippen molar-refractivity contribution in [2.24, 2.45) is 5.92 Å². The maximum absolute atomic E-state index is 12.2. The van der Waals surface area contributed by atoms with Gasteiger partial charge in [-0.1, -0.05) is 11.6 Å². The third-order valence-corrected chi connectivity index (χ3v) is 4.37. The van der Waals surface area contributed by atoms with Crippen molar-refractivity contribution in [2.75, 3.05) is 26.7 Å². The molecule has 5 nitrogen and oxygen atoms in total. The molecule has 1 unspecified atom stereocenters. The SMILES string of the molecule is COc1cnc(C(=O)N[C@@H]2C[C@@H]3CCN(C3)C2)cc1Cl. The molecule has 0 aromatic carbocycles. The van der Waals surface area contributed by atoms with Crippen molar-refractivity contribution in [3.63, 3.8) is 0 Å². The Morgan fingerprint density at radius 2 is 2.40 bits per heavy atom. The van der Waals surface area contributed by atoms with Gasteiger partial charge in [0, 0.05) is 19.1 Å². The van der Waals surface area contributed by atoms with Crippen LogP contribution in [-0.2, 0) is 0 Å². The van der Waals surface area contributed by atoms with Gasteiger partial charge in [0.2, 0.25) is 0 Å². The second-order valence-corrected chi connectivity index (χ2v) is 5.93. The molecule has 2 aliphatic heterocycles. The van der Waals surface area contributed by atoms with Crippen molar-refractivity contribution in [1.82, 2.24) is 15.2 Å². The monoisotopic (exact) mass is 295 g/mol. The van der Waals surface area contributed by atoms with Crippen LogP contribution in [0.4, 0.5) is 0 Å². The predicted molar refractivity (Wildman–Crippen MR) is 76.2 cm³/mol. The highest BCUT2D eigenvalue weighted by Gasteiger charge is 2.33. The number of pyridine rings is 1. The summed E-state index contributed by atoms with van der Waals surface area (Å²) in [6.07, 6.45) is 3.79. The molecule has 2 bridgehead atoms. The number of ether oxygens (including phenoxy) is 1. The number of nitrogens with one attached hydrogen (secondary N) is 1. The number of piperidine rings is 1. The van der Waals surface area contributed by atoms with Gasteiger partial charge in [0.1, 0.15) is 5.69 Å². The maximum Gasteiger partial charge on any atom is 0.270 e. The fraction of sp³-hybridized carbons (Fsp3) is 0.571. The molecule has 2 aliphatic rings. The minimum atomic E-state index is -0.165. The van der Waals surface area contributed by atoms with E-state index in [0.717, 1.165) is 25.4 Å². The summed E-state index contributed by atoms with van der Waals surface area (Å²) in [6.45, 7) is 3.27. The average Bonchev–Trinajstić information content (AvgIpc) is 2.77. The Morgan fingerprint density at radius 1 is 1.55 bits per heavy atom. The fourth-order valence-corrected chi connectivity index (χ4v) is 3.35. The minimum Gasteiger partial charge on any atom is -0.494 e. The lowest BCUT2D eigenvalue weighted by molar-refractivity contribution is 0.0904.